The number of hydrogen-bond donors (Lipinski definition) is 2. The Balaban J connectivity index is 1.44. The zero-order valence-electron chi connectivity index (χ0n) is 23.7. The van der Waals surface area contributed by atoms with Gasteiger partial charge in [-0.05, 0) is 76.3 Å². The summed E-state index contributed by atoms with van der Waals surface area (Å²) in [5.41, 5.74) is 4.71. The van der Waals surface area contributed by atoms with Crippen LogP contribution in [0.4, 0.5) is 0 Å². The molecule has 2 unspecified atom stereocenters. The summed E-state index contributed by atoms with van der Waals surface area (Å²) in [5, 5.41) is 6.15. The van der Waals surface area contributed by atoms with E-state index in [-0.39, 0.29) is 23.9 Å². The maximum absolute atomic E-state index is 12.2. The topological polar surface area (TPSA) is 58.2 Å². The van der Waals surface area contributed by atoms with Crippen molar-refractivity contribution in [3.63, 3.8) is 0 Å². The number of amides is 2. The highest BCUT2D eigenvalue weighted by atomic mass is 16.2. The van der Waals surface area contributed by atoms with Gasteiger partial charge in [0.05, 0.1) is 12.1 Å². The summed E-state index contributed by atoms with van der Waals surface area (Å²) in [6, 6.07) is 16.6. The molecule has 0 aliphatic heterocycles. The second-order valence-corrected chi connectivity index (χ2v) is 10.1. The highest BCUT2D eigenvalue weighted by Crippen LogP contribution is 2.15. The molecule has 38 heavy (non-hydrogen) atoms. The van der Waals surface area contributed by atoms with Gasteiger partial charge in [-0.1, -0.05) is 84.3 Å². The summed E-state index contributed by atoms with van der Waals surface area (Å²) in [7, 11) is 0. The normalized spacial score (nSPS) is 11.8. The number of hydrogen-bond acceptors (Lipinski definition) is 2. The molecule has 0 aliphatic rings. The second kappa shape index (κ2) is 17.9. The van der Waals surface area contributed by atoms with Gasteiger partial charge in [-0.2, -0.15) is 0 Å². The van der Waals surface area contributed by atoms with E-state index < -0.39 is 0 Å². The number of carbonyl (C=O) groups excluding carboxylic acids is 2. The fraction of sp³-hybridized carbons (Fsp3) is 0.471. The van der Waals surface area contributed by atoms with Crippen molar-refractivity contribution in [1.29, 1.82) is 0 Å². The number of carbonyl (C=O) groups is 2. The minimum absolute atomic E-state index is 0.0326. The van der Waals surface area contributed by atoms with Gasteiger partial charge in [-0.3, -0.25) is 9.59 Å². The Kier molecular flexibility index (Phi) is 14.4. The van der Waals surface area contributed by atoms with Crippen molar-refractivity contribution in [2.75, 3.05) is 0 Å². The lowest BCUT2D eigenvalue weighted by Crippen LogP contribution is -2.26. The predicted molar refractivity (Wildman–Crippen MR) is 157 cm³/mol. The molecule has 2 N–H and O–H groups in total. The fourth-order valence-corrected chi connectivity index (χ4v) is 4.07. The van der Waals surface area contributed by atoms with Gasteiger partial charge in [0.1, 0.15) is 0 Å². The van der Waals surface area contributed by atoms with Crippen LogP contribution in [0.25, 0.3) is 0 Å². The first-order valence-electron chi connectivity index (χ1n) is 14.0. The summed E-state index contributed by atoms with van der Waals surface area (Å²) in [6.07, 6.45) is 8.44. The third kappa shape index (κ3) is 13.2. The van der Waals surface area contributed by atoms with E-state index in [4.69, 9.17) is 0 Å². The molecule has 0 spiro atoms. The third-order valence-electron chi connectivity index (χ3n) is 6.56. The van der Waals surface area contributed by atoms with Crippen LogP contribution in [0.15, 0.2) is 48.5 Å². The smallest absolute Gasteiger partial charge is 0.220 e. The van der Waals surface area contributed by atoms with Crippen LogP contribution in [0.3, 0.4) is 0 Å². The number of aryl methyl sites for hydroxylation is 2. The Bertz CT molecular complexity index is 1020. The highest BCUT2D eigenvalue weighted by Gasteiger charge is 2.10. The van der Waals surface area contributed by atoms with E-state index >= 15 is 0 Å². The van der Waals surface area contributed by atoms with Crippen LogP contribution in [-0.4, -0.2) is 11.8 Å². The van der Waals surface area contributed by atoms with E-state index in [9.17, 15) is 9.59 Å². The van der Waals surface area contributed by atoms with Crippen molar-refractivity contribution in [1.82, 2.24) is 10.6 Å². The quantitative estimate of drug-likeness (QED) is 0.207. The molecule has 0 saturated carbocycles. The van der Waals surface area contributed by atoms with Crippen molar-refractivity contribution in [2.24, 2.45) is 0 Å². The first-order chi connectivity index (χ1) is 18.3. The summed E-state index contributed by atoms with van der Waals surface area (Å²) in [6.45, 7) is 8.16. The van der Waals surface area contributed by atoms with Gasteiger partial charge in [-0.25, -0.2) is 0 Å². The van der Waals surface area contributed by atoms with Gasteiger partial charge in [0.2, 0.25) is 11.8 Å². The molecule has 0 bridgehead atoms. The second-order valence-electron chi connectivity index (χ2n) is 10.1. The van der Waals surface area contributed by atoms with Crippen LogP contribution < -0.4 is 10.6 Å². The molecule has 0 saturated heterocycles. The average Bonchev–Trinajstić information content (AvgIpc) is 2.89. The summed E-state index contributed by atoms with van der Waals surface area (Å²) >= 11 is 0. The molecule has 2 atom stereocenters. The lowest BCUT2D eigenvalue weighted by atomic mass is 10.1. The van der Waals surface area contributed by atoms with Crippen LogP contribution in [-0.2, 0) is 9.59 Å². The lowest BCUT2D eigenvalue weighted by Gasteiger charge is -2.14. The number of nitrogens with one attached hydrogen (secondary N) is 2. The van der Waals surface area contributed by atoms with Crippen LogP contribution in [0.5, 0.6) is 0 Å². The molecule has 2 aromatic carbocycles. The Morgan fingerprint density at radius 3 is 1.34 bits per heavy atom. The van der Waals surface area contributed by atoms with Gasteiger partial charge in [0.25, 0.3) is 0 Å². The fourth-order valence-electron chi connectivity index (χ4n) is 4.07. The van der Waals surface area contributed by atoms with Crippen LogP contribution in [0.2, 0.25) is 0 Å². The van der Waals surface area contributed by atoms with Crippen molar-refractivity contribution in [2.45, 2.75) is 104 Å². The number of benzene rings is 2. The van der Waals surface area contributed by atoms with E-state index in [0.717, 1.165) is 62.5 Å². The molecule has 0 aromatic heterocycles. The van der Waals surface area contributed by atoms with Gasteiger partial charge in [0.15, 0.2) is 0 Å². The van der Waals surface area contributed by atoms with Gasteiger partial charge >= 0.3 is 0 Å². The largest absolute Gasteiger partial charge is 0.350 e. The molecular weight excluding hydrogens is 468 g/mol. The molecule has 0 aliphatic carbocycles. The van der Waals surface area contributed by atoms with Gasteiger partial charge < -0.3 is 10.6 Å². The SMILES string of the molecule is Cc1ccc(C(C)NC(=O)CCCCCC#CC#CCCCCCC(=O)NC(C)c2ccc(C)cc2)cc1. The lowest BCUT2D eigenvalue weighted by molar-refractivity contribution is -0.122. The average molecular weight is 513 g/mol. The van der Waals surface area contributed by atoms with Crippen LogP contribution >= 0.6 is 0 Å². The summed E-state index contributed by atoms with van der Waals surface area (Å²) < 4.78 is 0. The Labute approximate surface area is 230 Å². The van der Waals surface area contributed by atoms with Crippen molar-refractivity contribution in [3.8, 4) is 23.7 Å². The first kappa shape index (κ1) is 30.7. The number of unbranched alkanes of at least 4 members (excludes halogenated alkanes) is 6. The number of rotatable bonds is 14. The van der Waals surface area contributed by atoms with E-state index in [2.05, 4.69) is 96.7 Å². The first-order valence-corrected chi connectivity index (χ1v) is 14.0. The molecule has 4 heteroatoms. The molecule has 202 valence electrons. The maximum atomic E-state index is 12.2. The highest BCUT2D eigenvalue weighted by molar-refractivity contribution is 5.76. The summed E-state index contributed by atoms with van der Waals surface area (Å²) in [4.78, 5) is 24.3. The standard InChI is InChI=1S/C34H44N2O2/c1-27-19-23-31(24-20-27)29(3)35-33(37)17-15-13-11-9-7-5-6-8-10-12-14-16-18-34(38)36-30(4)32-25-21-28(2)22-26-32/h19-26,29-30H,9-18H2,1-4H3,(H,35,37)(H,36,38). The zero-order valence-corrected chi connectivity index (χ0v) is 23.7. The van der Waals surface area contributed by atoms with Gasteiger partial charge in [0, 0.05) is 25.7 Å². The molecule has 0 fully saturated rings. The molecular formula is C34H44N2O2. The molecule has 2 aromatic rings. The molecule has 4 nitrogen and oxygen atoms in total. The Morgan fingerprint density at radius 2 is 0.974 bits per heavy atom. The monoisotopic (exact) mass is 512 g/mol. The summed E-state index contributed by atoms with van der Waals surface area (Å²) in [5.74, 6) is 12.3. The van der Waals surface area contributed by atoms with Gasteiger partial charge in [-0.15, -0.1) is 0 Å². The minimum atomic E-state index is 0.0326. The van der Waals surface area contributed by atoms with Crippen molar-refractivity contribution < 1.29 is 9.59 Å². The van der Waals surface area contributed by atoms with Crippen LogP contribution in [0, 0.1) is 37.5 Å². The Morgan fingerprint density at radius 1 is 0.605 bits per heavy atom. The molecule has 2 rings (SSSR count). The van der Waals surface area contributed by atoms with E-state index in [1.54, 1.807) is 0 Å². The van der Waals surface area contributed by atoms with E-state index in [0.29, 0.717) is 12.8 Å². The third-order valence-corrected chi connectivity index (χ3v) is 6.56. The van der Waals surface area contributed by atoms with Crippen molar-refractivity contribution >= 4 is 11.8 Å². The van der Waals surface area contributed by atoms with E-state index in [1.807, 2.05) is 13.8 Å². The van der Waals surface area contributed by atoms with Crippen molar-refractivity contribution in [3.05, 3.63) is 70.8 Å². The predicted octanol–water partition coefficient (Wildman–Crippen LogP) is 7.27. The van der Waals surface area contributed by atoms with Crippen LogP contribution in [0.1, 0.15) is 112 Å². The Hall–Kier alpha value is -3.50. The molecule has 0 radical (unpaired) electrons. The zero-order chi connectivity index (χ0) is 27.6. The minimum Gasteiger partial charge on any atom is -0.350 e. The maximum Gasteiger partial charge on any atom is 0.220 e. The van der Waals surface area contributed by atoms with E-state index in [1.165, 1.54) is 11.1 Å². The molecule has 2 amide bonds. The molecule has 0 heterocycles.